The summed E-state index contributed by atoms with van der Waals surface area (Å²) in [6, 6.07) is 2.56. The number of hydrogen-bond donors (Lipinski definition) is 1. The van der Waals surface area contributed by atoms with Crippen molar-refractivity contribution < 1.29 is 4.74 Å². The molecular weight excluding hydrogens is 250 g/mol. The maximum atomic E-state index is 5.22. The quantitative estimate of drug-likeness (QED) is 0.914. The molecule has 0 aliphatic heterocycles. The first-order valence-electron chi connectivity index (χ1n) is 7.52. The van der Waals surface area contributed by atoms with E-state index in [4.69, 9.17) is 9.72 Å². The fourth-order valence-corrected chi connectivity index (χ4v) is 2.68. The van der Waals surface area contributed by atoms with Gasteiger partial charge in [-0.15, -0.1) is 0 Å². The van der Waals surface area contributed by atoms with Gasteiger partial charge in [-0.1, -0.05) is 27.7 Å². The van der Waals surface area contributed by atoms with Crippen LogP contribution < -0.4 is 5.32 Å². The van der Waals surface area contributed by atoms with E-state index < -0.39 is 0 Å². The summed E-state index contributed by atoms with van der Waals surface area (Å²) in [6.07, 6.45) is 3.77. The average Bonchev–Trinajstić information content (AvgIpc) is 2.74. The van der Waals surface area contributed by atoms with Gasteiger partial charge in [-0.05, 0) is 25.2 Å². The van der Waals surface area contributed by atoms with E-state index in [1.165, 1.54) is 19.3 Å². The molecule has 2 unspecified atom stereocenters. The molecule has 1 N–H and O–H groups in total. The summed E-state index contributed by atoms with van der Waals surface area (Å²) in [7, 11) is 1.70. The minimum atomic E-state index is -0.0524. The van der Waals surface area contributed by atoms with Gasteiger partial charge in [0, 0.05) is 24.6 Å². The Balaban J connectivity index is 2.20. The third kappa shape index (κ3) is 3.92. The number of aromatic nitrogens is 2. The van der Waals surface area contributed by atoms with Crippen molar-refractivity contribution in [3.8, 4) is 0 Å². The molecule has 0 bridgehead atoms. The molecule has 0 aromatic carbocycles. The first kappa shape index (κ1) is 15.2. The Hall–Kier alpha value is -1.16. The van der Waals surface area contributed by atoms with E-state index in [2.05, 4.69) is 38.0 Å². The lowest BCUT2D eigenvalue weighted by Crippen LogP contribution is -2.21. The molecule has 1 aromatic rings. The SMILES string of the molecule is COCc1cc(NC2CCC(C)C2)nc(C(C)(C)C)n1. The van der Waals surface area contributed by atoms with E-state index in [9.17, 15) is 0 Å². The van der Waals surface area contributed by atoms with Crippen molar-refractivity contribution in [1.29, 1.82) is 0 Å². The smallest absolute Gasteiger partial charge is 0.136 e. The molecule has 1 aromatic heterocycles. The highest BCUT2D eigenvalue weighted by molar-refractivity contribution is 5.38. The van der Waals surface area contributed by atoms with Crippen molar-refractivity contribution in [3.63, 3.8) is 0 Å². The molecule has 1 aliphatic rings. The van der Waals surface area contributed by atoms with Crippen molar-refractivity contribution in [2.24, 2.45) is 5.92 Å². The Morgan fingerprint density at radius 1 is 1.30 bits per heavy atom. The summed E-state index contributed by atoms with van der Waals surface area (Å²) in [4.78, 5) is 9.31. The van der Waals surface area contributed by atoms with Crippen molar-refractivity contribution in [2.45, 2.75) is 65.0 Å². The summed E-state index contributed by atoms with van der Waals surface area (Å²) in [5.74, 6) is 2.63. The summed E-state index contributed by atoms with van der Waals surface area (Å²) in [5, 5.41) is 3.58. The van der Waals surface area contributed by atoms with Crippen LogP contribution in [0.25, 0.3) is 0 Å². The summed E-state index contributed by atoms with van der Waals surface area (Å²) in [6.45, 7) is 9.26. The number of nitrogens with zero attached hydrogens (tertiary/aromatic N) is 2. The van der Waals surface area contributed by atoms with Crippen LogP contribution in [-0.4, -0.2) is 23.1 Å². The molecule has 4 heteroatoms. The maximum Gasteiger partial charge on any atom is 0.136 e. The molecule has 0 spiro atoms. The van der Waals surface area contributed by atoms with Gasteiger partial charge in [0.05, 0.1) is 12.3 Å². The molecule has 0 amide bonds. The van der Waals surface area contributed by atoms with E-state index in [1.807, 2.05) is 6.07 Å². The first-order valence-corrected chi connectivity index (χ1v) is 7.52. The van der Waals surface area contributed by atoms with Crippen LogP contribution in [0.1, 0.15) is 58.5 Å². The van der Waals surface area contributed by atoms with E-state index in [-0.39, 0.29) is 5.41 Å². The Morgan fingerprint density at radius 3 is 2.60 bits per heavy atom. The molecular formula is C16H27N3O. The van der Waals surface area contributed by atoms with Gasteiger partial charge >= 0.3 is 0 Å². The average molecular weight is 277 g/mol. The van der Waals surface area contributed by atoms with E-state index in [1.54, 1.807) is 7.11 Å². The standard InChI is InChI=1S/C16H27N3O/c1-11-6-7-12(8-11)17-14-9-13(10-20-5)18-15(19-14)16(2,3)4/h9,11-12H,6-8,10H2,1-5H3,(H,17,18,19). The van der Waals surface area contributed by atoms with Crippen LogP contribution >= 0.6 is 0 Å². The Bertz CT molecular complexity index is 454. The minimum absolute atomic E-state index is 0.0524. The molecule has 1 fully saturated rings. The molecule has 0 saturated heterocycles. The molecule has 0 radical (unpaired) electrons. The molecule has 2 rings (SSSR count). The topological polar surface area (TPSA) is 47.0 Å². The Labute approximate surface area is 122 Å². The van der Waals surface area contributed by atoms with Crippen LogP contribution in [0.4, 0.5) is 5.82 Å². The fourth-order valence-electron chi connectivity index (χ4n) is 2.68. The van der Waals surface area contributed by atoms with E-state index >= 15 is 0 Å². The van der Waals surface area contributed by atoms with Crippen LogP contribution in [0.2, 0.25) is 0 Å². The number of nitrogens with one attached hydrogen (secondary N) is 1. The molecule has 20 heavy (non-hydrogen) atoms. The zero-order valence-corrected chi connectivity index (χ0v) is 13.4. The Morgan fingerprint density at radius 2 is 2.05 bits per heavy atom. The normalized spacial score (nSPS) is 23.1. The number of hydrogen-bond acceptors (Lipinski definition) is 4. The number of rotatable bonds is 4. The summed E-state index contributed by atoms with van der Waals surface area (Å²) in [5.41, 5.74) is 0.893. The summed E-state index contributed by atoms with van der Waals surface area (Å²) < 4.78 is 5.22. The number of methoxy groups -OCH3 is 1. The second-order valence-corrected chi connectivity index (χ2v) is 7.01. The zero-order chi connectivity index (χ0) is 14.8. The van der Waals surface area contributed by atoms with Crippen LogP contribution in [0, 0.1) is 5.92 Å². The van der Waals surface area contributed by atoms with Crippen molar-refractivity contribution in [3.05, 3.63) is 17.6 Å². The summed E-state index contributed by atoms with van der Waals surface area (Å²) >= 11 is 0. The minimum Gasteiger partial charge on any atom is -0.378 e. The van der Waals surface area contributed by atoms with E-state index in [0.29, 0.717) is 12.6 Å². The van der Waals surface area contributed by atoms with Crippen LogP contribution in [-0.2, 0) is 16.8 Å². The van der Waals surface area contributed by atoms with Gasteiger partial charge in [-0.2, -0.15) is 0 Å². The maximum absolute atomic E-state index is 5.22. The molecule has 112 valence electrons. The first-order chi connectivity index (χ1) is 9.38. The lowest BCUT2D eigenvalue weighted by molar-refractivity contribution is 0.181. The van der Waals surface area contributed by atoms with Crippen LogP contribution in [0.5, 0.6) is 0 Å². The highest BCUT2D eigenvalue weighted by Crippen LogP contribution is 2.28. The lowest BCUT2D eigenvalue weighted by Gasteiger charge is -2.20. The third-order valence-corrected chi connectivity index (χ3v) is 3.79. The van der Waals surface area contributed by atoms with Gasteiger partial charge in [-0.25, -0.2) is 9.97 Å². The highest BCUT2D eigenvalue weighted by atomic mass is 16.5. The molecule has 1 aliphatic carbocycles. The largest absolute Gasteiger partial charge is 0.378 e. The number of ether oxygens (including phenoxy) is 1. The lowest BCUT2D eigenvalue weighted by atomic mass is 9.95. The molecule has 2 atom stereocenters. The van der Waals surface area contributed by atoms with Gasteiger partial charge < -0.3 is 10.1 Å². The van der Waals surface area contributed by atoms with Gasteiger partial charge in [-0.3, -0.25) is 0 Å². The van der Waals surface area contributed by atoms with Crippen LogP contribution in [0.15, 0.2) is 6.07 Å². The fraction of sp³-hybridized carbons (Fsp3) is 0.750. The van der Waals surface area contributed by atoms with Crippen LogP contribution in [0.3, 0.4) is 0 Å². The second-order valence-electron chi connectivity index (χ2n) is 7.01. The van der Waals surface area contributed by atoms with Gasteiger partial charge in [0.15, 0.2) is 0 Å². The second kappa shape index (κ2) is 6.08. The Kier molecular flexibility index (Phi) is 4.63. The van der Waals surface area contributed by atoms with Gasteiger partial charge in [0.25, 0.3) is 0 Å². The monoisotopic (exact) mass is 277 g/mol. The van der Waals surface area contributed by atoms with E-state index in [0.717, 1.165) is 23.3 Å². The van der Waals surface area contributed by atoms with Gasteiger partial charge in [0.1, 0.15) is 11.6 Å². The van der Waals surface area contributed by atoms with Crippen molar-refractivity contribution in [2.75, 3.05) is 12.4 Å². The molecule has 1 saturated carbocycles. The predicted octanol–water partition coefficient (Wildman–Crippen LogP) is 3.52. The molecule has 4 nitrogen and oxygen atoms in total. The molecule has 1 heterocycles. The number of anilines is 1. The van der Waals surface area contributed by atoms with Crippen molar-refractivity contribution in [1.82, 2.24) is 9.97 Å². The highest BCUT2D eigenvalue weighted by Gasteiger charge is 2.23. The zero-order valence-electron chi connectivity index (χ0n) is 13.4. The predicted molar refractivity (Wildman–Crippen MR) is 81.9 cm³/mol. The van der Waals surface area contributed by atoms with Gasteiger partial charge in [0.2, 0.25) is 0 Å². The third-order valence-electron chi connectivity index (χ3n) is 3.79. The van der Waals surface area contributed by atoms with Crippen molar-refractivity contribution >= 4 is 5.82 Å².